The Labute approximate surface area is 153 Å². The third kappa shape index (κ3) is 6.38. The predicted molar refractivity (Wildman–Crippen MR) is 98.9 cm³/mol. The minimum atomic E-state index is -0.582. The quantitative estimate of drug-likeness (QED) is 0.316. The Morgan fingerprint density at radius 2 is 2.09 bits per heavy atom. The predicted octanol–water partition coefficient (Wildman–Crippen LogP) is 1.36. The first-order chi connectivity index (χ1) is 10.6. The summed E-state index contributed by atoms with van der Waals surface area (Å²) in [6.45, 7) is 3.09. The Bertz CT molecular complexity index is 525. The number of hydrogen-bond acceptors (Lipinski definition) is 4. The number of rotatable bonds is 5. The Balaban J connectivity index is 0.00000264. The molecule has 0 bridgehead atoms. The number of primary amides is 1. The molecule has 1 amide bonds. The van der Waals surface area contributed by atoms with E-state index in [1.165, 1.54) is 0 Å². The maximum Gasteiger partial charge on any atom is 0.284 e. The molecule has 0 aromatic carbocycles. The molecule has 130 valence electrons. The summed E-state index contributed by atoms with van der Waals surface area (Å²) in [5, 5.41) is 16.1. The standard InChI is InChI=1S/C15H24N4O3.HI/c1-2-17-15(19-10-3-5-11(20)6-4-10)18-9-12-7-8-13(22-12)14(16)21;/h7-8,10-11,20H,2-6,9H2,1H3,(H2,16,21)(H2,17,18,19);1H. The molecule has 0 unspecified atom stereocenters. The van der Waals surface area contributed by atoms with Gasteiger partial charge in [0.25, 0.3) is 5.91 Å². The number of aliphatic hydroxyl groups is 1. The van der Waals surface area contributed by atoms with E-state index >= 15 is 0 Å². The monoisotopic (exact) mass is 436 g/mol. The molecular formula is C15H25IN4O3. The van der Waals surface area contributed by atoms with Crippen molar-refractivity contribution in [1.29, 1.82) is 0 Å². The van der Waals surface area contributed by atoms with Gasteiger partial charge in [0.1, 0.15) is 12.3 Å². The largest absolute Gasteiger partial charge is 0.454 e. The molecule has 1 heterocycles. The SMILES string of the molecule is CCNC(=NCc1ccc(C(N)=O)o1)NC1CCC(O)CC1.I. The summed E-state index contributed by atoms with van der Waals surface area (Å²) in [6, 6.07) is 3.57. The number of halogens is 1. The molecule has 0 radical (unpaired) electrons. The zero-order valence-corrected chi connectivity index (χ0v) is 15.6. The van der Waals surface area contributed by atoms with Crippen molar-refractivity contribution in [3.05, 3.63) is 23.7 Å². The van der Waals surface area contributed by atoms with Crippen LogP contribution in [0.4, 0.5) is 0 Å². The zero-order valence-electron chi connectivity index (χ0n) is 13.2. The lowest BCUT2D eigenvalue weighted by Crippen LogP contribution is -2.45. The molecule has 1 aromatic rings. The van der Waals surface area contributed by atoms with Gasteiger partial charge in [-0.3, -0.25) is 4.79 Å². The van der Waals surface area contributed by atoms with E-state index in [1.807, 2.05) is 6.92 Å². The molecule has 23 heavy (non-hydrogen) atoms. The first-order valence-corrected chi connectivity index (χ1v) is 7.70. The fourth-order valence-electron chi connectivity index (χ4n) is 2.49. The normalized spacial score (nSPS) is 21.4. The molecule has 0 aliphatic heterocycles. The second kappa shape index (κ2) is 9.76. The van der Waals surface area contributed by atoms with Crippen LogP contribution in [0, 0.1) is 0 Å². The second-order valence-electron chi connectivity index (χ2n) is 5.48. The number of nitrogens with zero attached hydrogens (tertiary/aromatic N) is 1. The summed E-state index contributed by atoms with van der Waals surface area (Å²) >= 11 is 0. The maximum atomic E-state index is 11.0. The average Bonchev–Trinajstić information content (AvgIpc) is 2.96. The first kappa shape index (κ1) is 19.8. The molecule has 1 aromatic heterocycles. The zero-order chi connectivity index (χ0) is 15.9. The molecular weight excluding hydrogens is 411 g/mol. The lowest BCUT2D eigenvalue weighted by Gasteiger charge is -2.27. The van der Waals surface area contributed by atoms with Gasteiger partial charge in [0.15, 0.2) is 11.7 Å². The minimum Gasteiger partial charge on any atom is -0.454 e. The van der Waals surface area contributed by atoms with Gasteiger partial charge >= 0.3 is 0 Å². The molecule has 2 rings (SSSR count). The second-order valence-corrected chi connectivity index (χ2v) is 5.48. The summed E-state index contributed by atoms with van der Waals surface area (Å²) in [5.74, 6) is 0.858. The van der Waals surface area contributed by atoms with Crippen molar-refractivity contribution in [3.63, 3.8) is 0 Å². The summed E-state index contributed by atoms with van der Waals surface area (Å²) in [7, 11) is 0. The number of aliphatic hydroxyl groups excluding tert-OH is 1. The van der Waals surface area contributed by atoms with Crippen LogP contribution in [0.5, 0.6) is 0 Å². The van der Waals surface area contributed by atoms with Gasteiger partial charge in [-0.15, -0.1) is 24.0 Å². The van der Waals surface area contributed by atoms with Gasteiger partial charge in [-0.05, 0) is 44.7 Å². The number of nitrogens with two attached hydrogens (primary N) is 1. The van der Waals surface area contributed by atoms with Crippen LogP contribution in [0.1, 0.15) is 48.9 Å². The van der Waals surface area contributed by atoms with Crippen LogP contribution in [-0.2, 0) is 6.54 Å². The van der Waals surface area contributed by atoms with Gasteiger partial charge < -0.3 is 25.9 Å². The maximum absolute atomic E-state index is 11.0. The van der Waals surface area contributed by atoms with E-state index in [-0.39, 0.29) is 35.8 Å². The lowest BCUT2D eigenvalue weighted by atomic mass is 9.93. The van der Waals surface area contributed by atoms with Crippen molar-refractivity contribution in [3.8, 4) is 0 Å². The molecule has 7 nitrogen and oxygen atoms in total. The molecule has 1 aliphatic rings. The van der Waals surface area contributed by atoms with Crippen LogP contribution < -0.4 is 16.4 Å². The van der Waals surface area contributed by atoms with E-state index in [0.717, 1.165) is 32.2 Å². The summed E-state index contributed by atoms with van der Waals surface area (Å²) in [5.41, 5.74) is 5.15. The van der Waals surface area contributed by atoms with Crippen molar-refractivity contribution in [2.75, 3.05) is 6.54 Å². The highest BCUT2D eigenvalue weighted by molar-refractivity contribution is 14.0. The molecule has 5 N–H and O–H groups in total. The fourth-order valence-corrected chi connectivity index (χ4v) is 2.49. The van der Waals surface area contributed by atoms with E-state index in [4.69, 9.17) is 10.2 Å². The molecule has 0 saturated heterocycles. The molecule has 1 saturated carbocycles. The summed E-state index contributed by atoms with van der Waals surface area (Å²) in [6.07, 6.45) is 3.32. The van der Waals surface area contributed by atoms with Gasteiger partial charge in [0.05, 0.1) is 6.10 Å². The third-order valence-electron chi connectivity index (χ3n) is 3.68. The number of aliphatic imine (C=N–C) groups is 1. The van der Waals surface area contributed by atoms with Gasteiger partial charge in [0, 0.05) is 12.6 Å². The number of carbonyl (C=O) groups is 1. The highest BCUT2D eigenvalue weighted by Gasteiger charge is 2.20. The number of amides is 1. The van der Waals surface area contributed by atoms with E-state index in [1.54, 1.807) is 12.1 Å². The summed E-state index contributed by atoms with van der Waals surface area (Å²) in [4.78, 5) is 15.4. The van der Waals surface area contributed by atoms with Crippen LogP contribution in [0.25, 0.3) is 0 Å². The van der Waals surface area contributed by atoms with Crippen LogP contribution in [-0.4, -0.2) is 35.7 Å². The first-order valence-electron chi connectivity index (χ1n) is 7.70. The Kier molecular flexibility index (Phi) is 8.38. The van der Waals surface area contributed by atoms with Gasteiger partial charge in [0.2, 0.25) is 0 Å². The van der Waals surface area contributed by atoms with Crippen LogP contribution in [0.15, 0.2) is 21.5 Å². The fraction of sp³-hybridized carbons (Fsp3) is 0.600. The van der Waals surface area contributed by atoms with Gasteiger partial charge in [-0.1, -0.05) is 0 Å². The smallest absolute Gasteiger partial charge is 0.284 e. The van der Waals surface area contributed by atoms with E-state index < -0.39 is 5.91 Å². The van der Waals surface area contributed by atoms with Crippen LogP contribution in [0.3, 0.4) is 0 Å². The Morgan fingerprint density at radius 3 is 2.65 bits per heavy atom. The summed E-state index contributed by atoms with van der Waals surface area (Å²) < 4.78 is 5.31. The molecule has 1 fully saturated rings. The lowest BCUT2D eigenvalue weighted by molar-refractivity contribution is 0.0972. The van der Waals surface area contributed by atoms with Gasteiger partial charge in [-0.25, -0.2) is 4.99 Å². The van der Waals surface area contributed by atoms with Gasteiger partial charge in [-0.2, -0.15) is 0 Å². The van der Waals surface area contributed by atoms with Crippen molar-refractivity contribution >= 4 is 35.8 Å². The van der Waals surface area contributed by atoms with E-state index in [9.17, 15) is 9.90 Å². The average molecular weight is 436 g/mol. The van der Waals surface area contributed by atoms with E-state index in [2.05, 4.69) is 15.6 Å². The third-order valence-corrected chi connectivity index (χ3v) is 3.68. The number of carbonyl (C=O) groups excluding carboxylic acids is 1. The number of nitrogens with one attached hydrogen (secondary N) is 2. The highest BCUT2D eigenvalue weighted by Crippen LogP contribution is 2.18. The van der Waals surface area contributed by atoms with E-state index in [0.29, 0.717) is 24.3 Å². The number of hydrogen-bond donors (Lipinski definition) is 4. The molecule has 1 aliphatic carbocycles. The topological polar surface area (TPSA) is 113 Å². The van der Waals surface area contributed by atoms with Crippen molar-refractivity contribution in [2.24, 2.45) is 10.7 Å². The minimum absolute atomic E-state index is 0. The molecule has 8 heteroatoms. The van der Waals surface area contributed by atoms with Crippen molar-refractivity contribution in [2.45, 2.75) is 51.3 Å². The Hall–Kier alpha value is -1.29. The van der Waals surface area contributed by atoms with Crippen LogP contribution >= 0.6 is 24.0 Å². The van der Waals surface area contributed by atoms with Crippen molar-refractivity contribution < 1.29 is 14.3 Å². The molecule has 0 spiro atoms. The highest BCUT2D eigenvalue weighted by atomic mass is 127. The molecule has 0 atom stereocenters. The number of guanidine groups is 1. The Morgan fingerprint density at radius 1 is 1.39 bits per heavy atom. The number of furan rings is 1. The van der Waals surface area contributed by atoms with Crippen molar-refractivity contribution in [1.82, 2.24) is 10.6 Å². The van der Waals surface area contributed by atoms with Crippen LogP contribution in [0.2, 0.25) is 0 Å².